The molecule has 0 spiro atoms. The van der Waals surface area contributed by atoms with Crippen molar-refractivity contribution < 1.29 is 13.2 Å². The summed E-state index contributed by atoms with van der Waals surface area (Å²) < 4.78 is 34.0. The van der Waals surface area contributed by atoms with Gasteiger partial charge in [0, 0.05) is 30.9 Å². The number of morpholine rings is 1. The summed E-state index contributed by atoms with van der Waals surface area (Å²) in [7, 11) is -3.37. The summed E-state index contributed by atoms with van der Waals surface area (Å²) in [6.07, 6.45) is 2.95. The van der Waals surface area contributed by atoms with Gasteiger partial charge in [0.25, 0.3) is 0 Å². The van der Waals surface area contributed by atoms with E-state index in [4.69, 9.17) is 14.8 Å². The zero-order valence-electron chi connectivity index (χ0n) is 17.2. The molecule has 0 aromatic carbocycles. The van der Waals surface area contributed by atoms with Gasteiger partial charge >= 0.3 is 0 Å². The van der Waals surface area contributed by atoms with Gasteiger partial charge in [-0.2, -0.15) is 14.5 Å². The third-order valence-electron chi connectivity index (χ3n) is 5.97. The van der Waals surface area contributed by atoms with Gasteiger partial charge in [0.05, 0.1) is 43.3 Å². The van der Waals surface area contributed by atoms with Crippen molar-refractivity contribution in [2.45, 2.75) is 32.5 Å². The maximum atomic E-state index is 12.5. The number of rotatable bonds is 3. The molecule has 1 N–H and O–H groups in total. The van der Waals surface area contributed by atoms with E-state index in [0.29, 0.717) is 26.3 Å². The number of pyridine rings is 1. The van der Waals surface area contributed by atoms with Gasteiger partial charge in [0.15, 0.2) is 0 Å². The molecular formula is C19H25N7O3S. The zero-order valence-corrected chi connectivity index (χ0v) is 18.1. The molecule has 1 saturated heterocycles. The van der Waals surface area contributed by atoms with Crippen LogP contribution in [0.15, 0.2) is 18.3 Å². The predicted molar refractivity (Wildman–Crippen MR) is 113 cm³/mol. The van der Waals surface area contributed by atoms with Crippen LogP contribution in [0, 0.1) is 0 Å². The lowest BCUT2D eigenvalue weighted by Crippen LogP contribution is -2.44. The van der Waals surface area contributed by atoms with E-state index < -0.39 is 10.0 Å². The third kappa shape index (κ3) is 3.08. The van der Waals surface area contributed by atoms with E-state index in [1.165, 1.54) is 6.26 Å². The number of aromatic amines is 1. The molecule has 0 amide bonds. The lowest BCUT2D eigenvalue weighted by atomic mass is 10.1. The number of ether oxygens (including phenoxy) is 1. The second-order valence-electron chi connectivity index (χ2n) is 7.98. The van der Waals surface area contributed by atoms with E-state index in [1.54, 1.807) is 10.5 Å². The Bertz CT molecular complexity index is 1190. The van der Waals surface area contributed by atoms with Crippen LogP contribution in [-0.2, 0) is 21.3 Å². The fraction of sp³-hybridized carbons (Fsp3) is 0.526. The van der Waals surface area contributed by atoms with Crippen LogP contribution in [0.2, 0.25) is 0 Å². The summed E-state index contributed by atoms with van der Waals surface area (Å²) >= 11 is 0. The molecule has 10 nitrogen and oxygen atoms in total. The Balaban J connectivity index is 1.76. The quantitative estimate of drug-likeness (QED) is 0.667. The molecule has 30 heavy (non-hydrogen) atoms. The van der Waals surface area contributed by atoms with Crippen LogP contribution in [0.4, 0.5) is 5.82 Å². The summed E-state index contributed by atoms with van der Waals surface area (Å²) in [6.45, 7) is 6.86. The first kappa shape index (κ1) is 19.5. The first-order valence-corrected chi connectivity index (χ1v) is 11.9. The third-order valence-corrected chi connectivity index (χ3v) is 7.32. The van der Waals surface area contributed by atoms with Gasteiger partial charge in [-0.05, 0) is 26.0 Å². The second-order valence-corrected chi connectivity index (χ2v) is 9.91. The molecule has 160 valence electrons. The fourth-order valence-corrected chi connectivity index (χ4v) is 5.56. The highest BCUT2D eigenvalue weighted by Crippen LogP contribution is 2.38. The van der Waals surface area contributed by atoms with Crippen LogP contribution in [-0.4, -0.2) is 76.3 Å². The zero-order chi connectivity index (χ0) is 21.0. The molecule has 2 aliphatic heterocycles. The maximum absolute atomic E-state index is 12.5. The normalized spacial score (nSPS) is 23.1. The molecule has 5 rings (SSSR count). The standard InChI is InChI=1S/C19H25N7O3S/c1-12-11-29-9-8-24(12)16-10-14-13(2)26(30(3,27)28)7-6-25-19(14)18(21-16)17(23-25)15-4-5-20-22-15/h4-5,10,12-13H,6-9,11H2,1-3H3,(H,20,22)/t12-,13?/m1/s1. The molecule has 2 aliphatic rings. The number of hydrogen-bond acceptors (Lipinski definition) is 7. The average Bonchev–Trinajstić information content (AvgIpc) is 3.31. The van der Waals surface area contributed by atoms with Crippen molar-refractivity contribution in [2.24, 2.45) is 0 Å². The molecule has 0 aliphatic carbocycles. The van der Waals surface area contributed by atoms with E-state index in [1.807, 2.05) is 23.7 Å². The van der Waals surface area contributed by atoms with Crippen molar-refractivity contribution >= 4 is 26.9 Å². The number of H-pyrrole nitrogens is 1. The van der Waals surface area contributed by atoms with Crippen LogP contribution >= 0.6 is 0 Å². The molecule has 2 atom stereocenters. The van der Waals surface area contributed by atoms with Crippen LogP contribution in [0.25, 0.3) is 22.4 Å². The van der Waals surface area contributed by atoms with Gasteiger partial charge in [-0.25, -0.2) is 13.4 Å². The summed E-state index contributed by atoms with van der Waals surface area (Å²) in [4.78, 5) is 7.22. The lowest BCUT2D eigenvalue weighted by Gasteiger charge is -2.35. The fourth-order valence-electron chi connectivity index (χ4n) is 4.46. The topological polar surface area (TPSA) is 109 Å². The highest BCUT2D eigenvalue weighted by Gasteiger charge is 2.33. The number of aromatic nitrogens is 5. The average molecular weight is 432 g/mol. The maximum Gasteiger partial charge on any atom is 0.211 e. The Kier molecular flexibility index (Phi) is 4.56. The number of hydrogen-bond donors (Lipinski definition) is 1. The first-order chi connectivity index (χ1) is 14.3. The van der Waals surface area contributed by atoms with Crippen molar-refractivity contribution in [3.8, 4) is 11.4 Å². The summed E-state index contributed by atoms with van der Waals surface area (Å²) in [5.41, 5.74) is 4.06. The summed E-state index contributed by atoms with van der Waals surface area (Å²) in [5.74, 6) is 0.816. The molecule has 3 aromatic heterocycles. The van der Waals surface area contributed by atoms with Gasteiger partial charge < -0.3 is 9.64 Å². The second kappa shape index (κ2) is 7.03. The highest BCUT2D eigenvalue weighted by atomic mass is 32.2. The molecule has 0 saturated carbocycles. The Morgan fingerprint density at radius 1 is 1.23 bits per heavy atom. The summed E-state index contributed by atoms with van der Waals surface area (Å²) in [5, 5.41) is 11.8. The SMILES string of the molecule is CC1c2cc(N3CCOC[C@H]3C)nc3c(-c4ccn[nH]4)nn(c23)CCN1S(C)(=O)=O. The Labute approximate surface area is 174 Å². The van der Waals surface area contributed by atoms with Gasteiger partial charge in [-0.15, -0.1) is 0 Å². The number of nitrogens with one attached hydrogen (secondary N) is 1. The van der Waals surface area contributed by atoms with Crippen molar-refractivity contribution in [2.75, 3.05) is 37.5 Å². The van der Waals surface area contributed by atoms with Gasteiger partial charge in [-0.1, -0.05) is 0 Å². The van der Waals surface area contributed by atoms with Gasteiger partial charge in [0.2, 0.25) is 10.0 Å². The minimum atomic E-state index is -3.37. The van der Waals surface area contributed by atoms with Crippen molar-refractivity contribution in [1.29, 1.82) is 0 Å². The molecule has 1 fully saturated rings. The van der Waals surface area contributed by atoms with E-state index in [0.717, 1.165) is 40.3 Å². The molecule has 0 bridgehead atoms. The largest absolute Gasteiger partial charge is 0.377 e. The van der Waals surface area contributed by atoms with Gasteiger partial charge in [-0.3, -0.25) is 9.78 Å². The molecule has 1 unspecified atom stereocenters. The van der Waals surface area contributed by atoms with Crippen LogP contribution in [0.3, 0.4) is 0 Å². The molecule has 11 heteroatoms. The van der Waals surface area contributed by atoms with Gasteiger partial charge in [0.1, 0.15) is 17.0 Å². The minimum absolute atomic E-state index is 0.175. The van der Waals surface area contributed by atoms with E-state index in [9.17, 15) is 8.42 Å². The van der Waals surface area contributed by atoms with Crippen molar-refractivity contribution in [3.63, 3.8) is 0 Å². The minimum Gasteiger partial charge on any atom is -0.377 e. The van der Waals surface area contributed by atoms with Crippen molar-refractivity contribution in [3.05, 3.63) is 23.9 Å². The lowest BCUT2D eigenvalue weighted by molar-refractivity contribution is 0.0985. The first-order valence-electron chi connectivity index (χ1n) is 10.1. The number of anilines is 1. The number of sulfonamides is 1. The smallest absolute Gasteiger partial charge is 0.211 e. The Hall–Kier alpha value is -2.50. The Morgan fingerprint density at radius 2 is 2.07 bits per heavy atom. The summed E-state index contributed by atoms with van der Waals surface area (Å²) in [6, 6.07) is 3.74. The highest BCUT2D eigenvalue weighted by molar-refractivity contribution is 7.88. The van der Waals surface area contributed by atoms with Crippen LogP contribution in [0.5, 0.6) is 0 Å². The van der Waals surface area contributed by atoms with Crippen LogP contribution in [0.1, 0.15) is 25.5 Å². The molecule has 5 heterocycles. The van der Waals surface area contributed by atoms with E-state index >= 15 is 0 Å². The van der Waals surface area contributed by atoms with Crippen molar-refractivity contribution in [1.82, 2.24) is 29.3 Å². The Morgan fingerprint density at radius 3 is 2.77 bits per heavy atom. The number of nitrogens with zero attached hydrogens (tertiary/aromatic N) is 6. The van der Waals surface area contributed by atoms with Crippen LogP contribution < -0.4 is 4.90 Å². The molecule has 3 aromatic rings. The predicted octanol–water partition coefficient (Wildman–Crippen LogP) is 1.38. The molecule has 0 radical (unpaired) electrons. The van der Waals surface area contributed by atoms with E-state index in [2.05, 4.69) is 22.0 Å². The van der Waals surface area contributed by atoms with E-state index in [-0.39, 0.29) is 12.1 Å². The monoisotopic (exact) mass is 431 g/mol. The molecular weight excluding hydrogens is 406 g/mol.